The molecule has 2 rings (SSSR count). The standard InChI is InChI=1S/C17H24N2S/c1-12-5-7-13(8-6-12)9-14(10-18)16-19-15(11-20-16)17(2,3)4/h5-8,11,14H,9-10,18H2,1-4H3. The van der Waals surface area contributed by atoms with Gasteiger partial charge in [0.15, 0.2) is 0 Å². The van der Waals surface area contributed by atoms with E-state index in [0.29, 0.717) is 12.5 Å². The molecule has 1 heterocycles. The fourth-order valence-corrected chi connectivity index (χ4v) is 3.26. The molecule has 1 aromatic heterocycles. The van der Waals surface area contributed by atoms with Gasteiger partial charge in [0.25, 0.3) is 0 Å². The maximum absolute atomic E-state index is 5.97. The van der Waals surface area contributed by atoms with Crippen molar-refractivity contribution in [3.63, 3.8) is 0 Å². The number of hydrogen-bond donors (Lipinski definition) is 1. The van der Waals surface area contributed by atoms with Gasteiger partial charge in [-0.05, 0) is 18.9 Å². The van der Waals surface area contributed by atoms with Gasteiger partial charge in [-0.3, -0.25) is 0 Å². The zero-order valence-corrected chi connectivity index (χ0v) is 13.6. The number of benzene rings is 1. The topological polar surface area (TPSA) is 38.9 Å². The van der Waals surface area contributed by atoms with E-state index in [4.69, 9.17) is 10.7 Å². The predicted molar refractivity (Wildman–Crippen MR) is 87.5 cm³/mol. The molecule has 108 valence electrons. The molecule has 0 bridgehead atoms. The Morgan fingerprint density at radius 2 is 1.85 bits per heavy atom. The first-order chi connectivity index (χ1) is 9.40. The second kappa shape index (κ2) is 6.06. The molecule has 0 saturated heterocycles. The highest BCUT2D eigenvalue weighted by molar-refractivity contribution is 7.09. The van der Waals surface area contributed by atoms with Crippen LogP contribution in [0.15, 0.2) is 29.6 Å². The van der Waals surface area contributed by atoms with Gasteiger partial charge >= 0.3 is 0 Å². The Kier molecular flexibility index (Phi) is 4.61. The molecule has 0 fully saturated rings. The molecule has 0 amide bonds. The van der Waals surface area contributed by atoms with Crippen LogP contribution in [0.3, 0.4) is 0 Å². The average Bonchev–Trinajstić information content (AvgIpc) is 2.87. The Labute approximate surface area is 126 Å². The average molecular weight is 288 g/mol. The van der Waals surface area contributed by atoms with Crippen LogP contribution in [0.1, 0.15) is 48.5 Å². The van der Waals surface area contributed by atoms with Crippen molar-refractivity contribution in [3.05, 3.63) is 51.5 Å². The minimum absolute atomic E-state index is 0.109. The van der Waals surface area contributed by atoms with Crippen LogP contribution in [0, 0.1) is 6.92 Å². The van der Waals surface area contributed by atoms with Crippen LogP contribution >= 0.6 is 11.3 Å². The molecule has 2 nitrogen and oxygen atoms in total. The van der Waals surface area contributed by atoms with Gasteiger partial charge in [-0.2, -0.15) is 0 Å². The summed E-state index contributed by atoms with van der Waals surface area (Å²) < 4.78 is 0. The van der Waals surface area contributed by atoms with E-state index in [-0.39, 0.29) is 5.41 Å². The number of aryl methyl sites for hydroxylation is 1. The minimum Gasteiger partial charge on any atom is -0.330 e. The molecule has 0 spiro atoms. The highest BCUT2D eigenvalue weighted by Gasteiger charge is 2.21. The van der Waals surface area contributed by atoms with Crippen molar-refractivity contribution < 1.29 is 0 Å². The quantitative estimate of drug-likeness (QED) is 0.922. The molecule has 0 saturated carbocycles. The van der Waals surface area contributed by atoms with Gasteiger partial charge in [-0.15, -0.1) is 11.3 Å². The fourth-order valence-electron chi connectivity index (χ4n) is 2.10. The lowest BCUT2D eigenvalue weighted by atomic mass is 9.93. The van der Waals surface area contributed by atoms with E-state index in [2.05, 4.69) is 57.3 Å². The van der Waals surface area contributed by atoms with Crippen molar-refractivity contribution in [2.24, 2.45) is 5.73 Å². The second-order valence-corrected chi connectivity index (χ2v) is 7.33. The fraction of sp³-hybridized carbons (Fsp3) is 0.471. The number of nitrogens with zero attached hydrogens (tertiary/aromatic N) is 1. The first-order valence-corrected chi connectivity index (χ1v) is 7.99. The first-order valence-electron chi connectivity index (χ1n) is 7.11. The monoisotopic (exact) mass is 288 g/mol. The smallest absolute Gasteiger partial charge is 0.0975 e. The third kappa shape index (κ3) is 3.68. The zero-order valence-electron chi connectivity index (χ0n) is 12.8. The van der Waals surface area contributed by atoms with Crippen molar-refractivity contribution in [2.75, 3.05) is 6.54 Å². The van der Waals surface area contributed by atoms with E-state index in [1.54, 1.807) is 11.3 Å². The Morgan fingerprint density at radius 3 is 2.35 bits per heavy atom. The van der Waals surface area contributed by atoms with E-state index >= 15 is 0 Å². The summed E-state index contributed by atoms with van der Waals surface area (Å²) in [6.45, 7) is 9.35. The summed E-state index contributed by atoms with van der Waals surface area (Å²) in [4.78, 5) is 4.80. The Balaban J connectivity index is 2.16. The van der Waals surface area contributed by atoms with Gasteiger partial charge in [-0.25, -0.2) is 4.98 Å². The van der Waals surface area contributed by atoms with Crippen molar-refractivity contribution in [2.45, 2.75) is 45.4 Å². The first kappa shape index (κ1) is 15.2. The lowest BCUT2D eigenvalue weighted by Gasteiger charge is -2.15. The molecule has 1 unspecified atom stereocenters. The Bertz CT molecular complexity index is 549. The molecule has 0 radical (unpaired) electrons. The number of rotatable bonds is 4. The molecule has 20 heavy (non-hydrogen) atoms. The van der Waals surface area contributed by atoms with E-state index in [1.807, 2.05) is 0 Å². The van der Waals surface area contributed by atoms with Gasteiger partial charge < -0.3 is 5.73 Å². The maximum atomic E-state index is 5.97. The SMILES string of the molecule is Cc1ccc(CC(CN)c2nc(C(C)(C)C)cs2)cc1. The number of hydrogen-bond acceptors (Lipinski definition) is 3. The van der Waals surface area contributed by atoms with Crippen LogP contribution in [-0.2, 0) is 11.8 Å². The molecule has 0 aliphatic rings. The lowest BCUT2D eigenvalue weighted by Crippen LogP contribution is -2.16. The summed E-state index contributed by atoms with van der Waals surface area (Å²) in [6, 6.07) is 8.70. The van der Waals surface area contributed by atoms with Gasteiger partial charge in [-0.1, -0.05) is 50.6 Å². The molecular weight excluding hydrogens is 264 g/mol. The molecule has 0 aliphatic carbocycles. The van der Waals surface area contributed by atoms with Gasteiger partial charge in [0.1, 0.15) is 0 Å². The maximum Gasteiger partial charge on any atom is 0.0975 e. The summed E-state index contributed by atoms with van der Waals surface area (Å²) in [6.07, 6.45) is 0.966. The third-order valence-electron chi connectivity index (χ3n) is 3.53. The minimum atomic E-state index is 0.109. The molecular formula is C17H24N2S. The number of thiazole rings is 1. The van der Waals surface area contributed by atoms with Gasteiger partial charge in [0, 0.05) is 23.3 Å². The second-order valence-electron chi connectivity index (χ2n) is 6.44. The van der Waals surface area contributed by atoms with E-state index in [1.165, 1.54) is 16.8 Å². The summed E-state index contributed by atoms with van der Waals surface area (Å²) >= 11 is 1.74. The van der Waals surface area contributed by atoms with Crippen LogP contribution in [-0.4, -0.2) is 11.5 Å². The predicted octanol–water partition coefficient (Wildman–Crippen LogP) is 4.03. The Hall–Kier alpha value is -1.19. The Morgan fingerprint density at radius 1 is 1.20 bits per heavy atom. The molecule has 3 heteroatoms. The van der Waals surface area contributed by atoms with Crippen molar-refractivity contribution in [3.8, 4) is 0 Å². The van der Waals surface area contributed by atoms with Crippen molar-refractivity contribution in [1.82, 2.24) is 4.98 Å². The van der Waals surface area contributed by atoms with Crippen LogP contribution in [0.4, 0.5) is 0 Å². The van der Waals surface area contributed by atoms with E-state index in [9.17, 15) is 0 Å². The normalized spacial score (nSPS) is 13.4. The lowest BCUT2D eigenvalue weighted by molar-refractivity contribution is 0.566. The summed E-state index contributed by atoms with van der Waals surface area (Å²) in [5.41, 5.74) is 9.87. The summed E-state index contributed by atoms with van der Waals surface area (Å²) in [5.74, 6) is 0.318. The summed E-state index contributed by atoms with van der Waals surface area (Å²) in [5, 5.41) is 3.34. The van der Waals surface area contributed by atoms with Crippen molar-refractivity contribution in [1.29, 1.82) is 0 Å². The van der Waals surface area contributed by atoms with Crippen LogP contribution < -0.4 is 5.73 Å². The molecule has 2 aromatic rings. The number of aromatic nitrogens is 1. The zero-order chi connectivity index (χ0) is 14.8. The molecule has 0 aliphatic heterocycles. The summed E-state index contributed by atoms with van der Waals surface area (Å²) in [7, 11) is 0. The third-order valence-corrected chi connectivity index (χ3v) is 4.53. The largest absolute Gasteiger partial charge is 0.330 e. The molecule has 1 aromatic carbocycles. The van der Waals surface area contributed by atoms with E-state index in [0.717, 1.165) is 11.4 Å². The van der Waals surface area contributed by atoms with E-state index < -0.39 is 0 Å². The van der Waals surface area contributed by atoms with Crippen LogP contribution in [0.5, 0.6) is 0 Å². The van der Waals surface area contributed by atoms with Gasteiger partial charge in [0.2, 0.25) is 0 Å². The van der Waals surface area contributed by atoms with Crippen LogP contribution in [0.2, 0.25) is 0 Å². The molecule has 2 N–H and O–H groups in total. The highest BCUT2D eigenvalue weighted by atomic mass is 32.1. The number of nitrogens with two attached hydrogens (primary N) is 1. The van der Waals surface area contributed by atoms with Crippen molar-refractivity contribution >= 4 is 11.3 Å². The molecule has 1 atom stereocenters. The highest BCUT2D eigenvalue weighted by Crippen LogP contribution is 2.29. The van der Waals surface area contributed by atoms with Gasteiger partial charge in [0.05, 0.1) is 10.7 Å². The van der Waals surface area contributed by atoms with Crippen LogP contribution in [0.25, 0.3) is 0 Å².